The monoisotopic (exact) mass is 179 g/mol. The highest BCUT2D eigenvalue weighted by Crippen LogP contribution is 2.32. The van der Waals surface area contributed by atoms with Gasteiger partial charge in [0, 0.05) is 19.5 Å². The summed E-state index contributed by atoms with van der Waals surface area (Å²) in [5.41, 5.74) is 0. The van der Waals surface area contributed by atoms with E-state index in [1.807, 2.05) is 11.8 Å². The standard InChI is InChI=1S/C8H15F2NO/c1-2-11-4-3-8(9,10)7(5-11)6-12/h7,12H,2-6H2,1H3. The van der Waals surface area contributed by atoms with Crippen LogP contribution in [0.25, 0.3) is 0 Å². The van der Waals surface area contributed by atoms with Crippen molar-refractivity contribution in [1.82, 2.24) is 4.90 Å². The third-order valence-corrected chi connectivity index (χ3v) is 2.50. The summed E-state index contributed by atoms with van der Waals surface area (Å²) < 4.78 is 26.0. The molecule has 0 aromatic rings. The Morgan fingerprint density at radius 2 is 2.25 bits per heavy atom. The zero-order valence-corrected chi connectivity index (χ0v) is 7.26. The molecule has 0 bridgehead atoms. The van der Waals surface area contributed by atoms with Gasteiger partial charge in [-0.25, -0.2) is 8.78 Å². The van der Waals surface area contributed by atoms with Crippen LogP contribution in [-0.4, -0.2) is 42.2 Å². The SMILES string of the molecule is CCN1CCC(F)(F)C(CO)C1. The molecule has 1 saturated heterocycles. The summed E-state index contributed by atoms with van der Waals surface area (Å²) in [6.07, 6.45) is -0.119. The van der Waals surface area contributed by atoms with Crippen molar-refractivity contribution in [2.75, 3.05) is 26.2 Å². The molecule has 0 radical (unpaired) electrons. The molecule has 2 nitrogen and oxygen atoms in total. The number of rotatable bonds is 2. The Hall–Kier alpha value is -0.220. The van der Waals surface area contributed by atoms with Gasteiger partial charge in [-0.05, 0) is 6.54 Å². The third kappa shape index (κ3) is 1.93. The largest absolute Gasteiger partial charge is 0.396 e. The molecule has 4 heteroatoms. The molecule has 1 fully saturated rings. The maximum Gasteiger partial charge on any atom is 0.255 e. The average Bonchev–Trinajstić information content (AvgIpc) is 2.04. The molecule has 0 aromatic heterocycles. The van der Waals surface area contributed by atoms with E-state index in [4.69, 9.17) is 5.11 Å². The molecule has 1 aliphatic rings. The second-order valence-corrected chi connectivity index (χ2v) is 3.28. The van der Waals surface area contributed by atoms with E-state index in [1.54, 1.807) is 0 Å². The van der Waals surface area contributed by atoms with Gasteiger partial charge < -0.3 is 10.0 Å². The summed E-state index contributed by atoms with van der Waals surface area (Å²) in [7, 11) is 0. The van der Waals surface area contributed by atoms with Crippen LogP contribution >= 0.6 is 0 Å². The fourth-order valence-corrected chi connectivity index (χ4v) is 1.53. The zero-order valence-electron chi connectivity index (χ0n) is 7.26. The topological polar surface area (TPSA) is 23.5 Å². The van der Waals surface area contributed by atoms with Gasteiger partial charge in [-0.15, -0.1) is 0 Å². The zero-order chi connectivity index (χ0) is 9.19. The lowest BCUT2D eigenvalue weighted by molar-refractivity contribution is -0.119. The van der Waals surface area contributed by atoms with E-state index in [-0.39, 0.29) is 6.42 Å². The predicted octanol–water partition coefficient (Wildman–Crippen LogP) is 0.956. The second kappa shape index (κ2) is 3.66. The molecule has 1 atom stereocenters. The molecule has 1 rings (SSSR count). The number of likely N-dealkylation sites (tertiary alicyclic amines) is 1. The summed E-state index contributed by atoms with van der Waals surface area (Å²) in [6, 6.07) is 0. The van der Waals surface area contributed by atoms with E-state index >= 15 is 0 Å². The van der Waals surface area contributed by atoms with Gasteiger partial charge in [-0.1, -0.05) is 6.92 Å². The van der Waals surface area contributed by atoms with E-state index in [9.17, 15) is 8.78 Å². The fraction of sp³-hybridized carbons (Fsp3) is 1.00. The van der Waals surface area contributed by atoms with Crippen LogP contribution in [0.4, 0.5) is 8.78 Å². The van der Waals surface area contributed by atoms with Crippen molar-refractivity contribution in [1.29, 1.82) is 0 Å². The van der Waals surface area contributed by atoms with Gasteiger partial charge in [0.25, 0.3) is 5.92 Å². The van der Waals surface area contributed by atoms with E-state index < -0.39 is 18.4 Å². The van der Waals surface area contributed by atoms with Gasteiger partial charge in [-0.2, -0.15) is 0 Å². The number of aliphatic hydroxyl groups excluding tert-OH is 1. The highest BCUT2D eigenvalue weighted by atomic mass is 19.3. The number of alkyl halides is 2. The van der Waals surface area contributed by atoms with Gasteiger partial charge in [0.1, 0.15) is 0 Å². The van der Waals surface area contributed by atoms with Gasteiger partial charge in [0.2, 0.25) is 0 Å². The lowest BCUT2D eigenvalue weighted by Crippen LogP contribution is -2.48. The maximum atomic E-state index is 13.0. The Morgan fingerprint density at radius 1 is 1.58 bits per heavy atom. The number of nitrogens with zero attached hydrogens (tertiary/aromatic N) is 1. The molecule has 0 saturated carbocycles. The minimum atomic E-state index is -2.67. The first-order valence-electron chi connectivity index (χ1n) is 4.31. The van der Waals surface area contributed by atoms with Crippen LogP contribution in [-0.2, 0) is 0 Å². The van der Waals surface area contributed by atoms with Crippen LogP contribution in [0, 0.1) is 5.92 Å². The number of hydrogen-bond acceptors (Lipinski definition) is 2. The smallest absolute Gasteiger partial charge is 0.255 e. The Morgan fingerprint density at radius 3 is 2.75 bits per heavy atom. The highest BCUT2D eigenvalue weighted by molar-refractivity contribution is 4.85. The maximum absolute atomic E-state index is 13.0. The summed E-state index contributed by atoms with van der Waals surface area (Å²) in [5.74, 6) is -3.54. The minimum Gasteiger partial charge on any atom is -0.396 e. The molecule has 0 aromatic carbocycles. The first-order valence-corrected chi connectivity index (χ1v) is 4.31. The first kappa shape index (κ1) is 9.86. The normalized spacial score (nSPS) is 30.5. The van der Waals surface area contributed by atoms with Gasteiger partial charge >= 0.3 is 0 Å². The van der Waals surface area contributed by atoms with Crippen molar-refractivity contribution in [3.05, 3.63) is 0 Å². The fourth-order valence-electron chi connectivity index (χ4n) is 1.53. The molecular weight excluding hydrogens is 164 g/mol. The minimum absolute atomic E-state index is 0.119. The third-order valence-electron chi connectivity index (χ3n) is 2.50. The van der Waals surface area contributed by atoms with Gasteiger partial charge in [0.05, 0.1) is 12.5 Å². The van der Waals surface area contributed by atoms with Crippen molar-refractivity contribution < 1.29 is 13.9 Å². The summed E-state index contributed by atoms with van der Waals surface area (Å²) in [5, 5.41) is 8.73. The van der Waals surface area contributed by atoms with Crippen LogP contribution in [0.2, 0.25) is 0 Å². The second-order valence-electron chi connectivity index (χ2n) is 3.28. The number of piperidine rings is 1. The quantitative estimate of drug-likeness (QED) is 0.682. The van der Waals surface area contributed by atoms with Crippen LogP contribution in [0.5, 0.6) is 0 Å². The Balaban J connectivity index is 2.54. The molecule has 1 heterocycles. The number of hydrogen-bond donors (Lipinski definition) is 1. The molecule has 0 aliphatic carbocycles. The molecule has 1 unspecified atom stereocenters. The van der Waals surface area contributed by atoms with Crippen LogP contribution in [0.3, 0.4) is 0 Å². The molecular formula is C8H15F2NO. The molecule has 0 spiro atoms. The number of halogens is 2. The molecule has 12 heavy (non-hydrogen) atoms. The summed E-state index contributed by atoms with van der Waals surface area (Å²) in [6.45, 7) is 3.08. The van der Waals surface area contributed by atoms with Crippen molar-refractivity contribution in [2.24, 2.45) is 5.92 Å². The van der Waals surface area contributed by atoms with E-state index in [1.165, 1.54) is 0 Å². The van der Waals surface area contributed by atoms with Gasteiger partial charge in [0.15, 0.2) is 0 Å². The van der Waals surface area contributed by atoms with Crippen molar-refractivity contribution in [3.8, 4) is 0 Å². The Labute approximate surface area is 71.2 Å². The number of aliphatic hydroxyl groups is 1. The highest BCUT2D eigenvalue weighted by Gasteiger charge is 2.42. The first-order chi connectivity index (χ1) is 5.60. The van der Waals surface area contributed by atoms with E-state index in [0.717, 1.165) is 6.54 Å². The lowest BCUT2D eigenvalue weighted by Gasteiger charge is -2.36. The Bertz CT molecular complexity index is 152. The summed E-state index contributed by atoms with van der Waals surface area (Å²) in [4.78, 5) is 1.94. The summed E-state index contributed by atoms with van der Waals surface area (Å²) >= 11 is 0. The van der Waals surface area contributed by atoms with Crippen molar-refractivity contribution in [3.63, 3.8) is 0 Å². The van der Waals surface area contributed by atoms with E-state index in [2.05, 4.69) is 0 Å². The molecule has 1 N–H and O–H groups in total. The van der Waals surface area contributed by atoms with Gasteiger partial charge in [-0.3, -0.25) is 0 Å². The molecule has 72 valence electrons. The average molecular weight is 179 g/mol. The van der Waals surface area contributed by atoms with Crippen molar-refractivity contribution in [2.45, 2.75) is 19.3 Å². The Kier molecular flexibility index (Phi) is 3.01. The van der Waals surface area contributed by atoms with Crippen LogP contribution in [0.15, 0.2) is 0 Å². The van der Waals surface area contributed by atoms with Crippen molar-refractivity contribution >= 4 is 0 Å². The molecule has 1 aliphatic heterocycles. The lowest BCUT2D eigenvalue weighted by atomic mass is 9.94. The van der Waals surface area contributed by atoms with Crippen LogP contribution in [0.1, 0.15) is 13.3 Å². The van der Waals surface area contributed by atoms with Crippen LogP contribution < -0.4 is 0 Å². The van der Waals surface area contributed by atoms with E-state index in [0.29, 0.717) is 13.1 Å². The predicted molar refractivity (Wildman–Crippen MR) is 42.3 cm³/mol. The molecule has 0 amide bonds.